The second-order valence-corrected chi connectivity index (χ2v) is 3.84. The van der Waals surface area contributed by atoms with E-state index in [2.05, 4.69) is 34.5 Å². The average molecular weight is 236 g/mol. The van der Waals surface area contributed by atoms with Gasteiger partial charge in [0.15, 0.2) is 0 Å². The third-order valence-electron chi connectivity index (χ3n) is 2.75. The molecule has 1 aromatic carbocycles. The standard InChI is InChI=1S/C12H18N2O.C2H6/c1-13-12-4-2-11(3-5-12)10-14-6-8-15-9-7-14;1-2/h2-5,13H,6-10H2,1H3;1-2H3. The molecule has 17 heavy (non-hydrogen) atoms. The van der Waals surface area contributed by atoms with Crippen molar-refractivity contribution in [3.8, 4) is 0 Å². The van der Waals surface area contributed by atoms with Gasteiger partial charge in [0.2, 0.25) is 0 Å². The first-order valence-corrected chi connectivity index (χ1v) is 6.45. The van der Waals surface area contributed by atoms with Crippen LogP contribution < -0.4 is 5.32 Å². The van der Waals surface area contributed by atoms with E-state index in [1.165, 1.54) is 11.3 Å². The maximum Gasteiger partial charge on any atom is 0.0594 e. The highest BCUT2D eigenvalue weighted by Crippen LogP contribution is 2.11. The molecule has 0 aromatic heterocycles. The number of rotatable bonds is 3. The number of benzene rings is 1. The Kier molecular flexibility index (Phi) is 6.67. The number of morpholine rings is 1. The van der Waals surface area contributed by atoms with Gasteiger partial charge in [-0.15, -0.1) is 0 Å². The summed E-state index contributed by atoms with van der Waals surface area (Å²) in [5.74, 6) is 0. The van der Waals surface area contributed by atoms with E-state index in [0.717, 1.165) is 32.8 Å². The number of hydrogen-bond donors (Lipinski definition) is 1. The average Bonchev–Trinajstić information content (AvgIpc) is 2.43. The van der Waals surface area contributed by atoms with Gasteiger partial charge in [-0.3, -0.25) is 4.90 Å². The van der Waals surface area contributed by atoms with Gasteiger partial charge < -0.3 is 10.1 Å². The van der Waals surface area contributed by atoms with Crippen molar-refractivity contribution in [1.82, 2.24) is 4.90 Å². The Morgan fingerprint density at radius 1 is 1.12 bits per heavy atom. The van der Waals surface area contributed by atoms with Crippen LogP contribution in [0.3, 0.4) is 0 Å². The van der Waals surface area contributed by atoms with Crippen LogP contribution in [0, 0.1) is 0 Å². The lowest BCUT2D eigenvalue weighted by Crippen LogP contribution is -2.35. The lowest BCUT2D eigenvalue weighted by Gasteiger charge is -2.26. The molecular weight excluding hydrogens is 212 g/mol. The van der Waals surface area contributed by atoms with Crippen molar-refractivity contribution in [1.29, 1.82) is 0 Å². The Bertz CT molecular complexity index is 292. The molecule has 1 aromatic rings. The van der Waals surface area contributed by atoms with Crippen molar-refractivity contribution in [2.24, 2.45) is 0 Å². The number of ether oxygens (including phenoxy) is 1. The van der Waals surface area contributed by atoms with Gasteiger partial charge in [-0.2, -0.15) is 0 Å². The second-order valence-electron chi connectivity index (χ2n) is 3.84. The molecule has 0 radical (unpaired) electrons. The molecule has 0 amide bonds. The summed E-state index contributed by atoms with van der Waals surface area (Å²) in [6, 6.07) is 8.61. The van der Waals surface area contributed by atoms with Gasteiger partial charge in [-0.05, 0) is 17.7 Å². The van der Waals surface area contributed by atoms with Crippen molar-refractivity contribution < 1.29 is 4.74 Å². The monoisotopic (exact) mass is 236 g/mol. The third-order valence-corrected chi connectivity index (χ3v) is 2.75. The molecule has 3 nitrogen and oxygen atoms in total. The smallest absolute Gasteiger partial charge is 0.0594 e. The zero-order valence-electron chi connectivity index (χ0n) is 11.2. The van der Waals surface area contributed by atoms with E-state index in [9.17, 15) is 0 Å². The van der Waals surface area contributed by atoms with Gasteiger partial charge in [-0.25, -0.2) is 0 Å². The molecule has 2 rings (SSSR count). The molecule has 0 unspecified atom stereocenters. The van der Waals surface area contributed by atoms with Gasteiger partial charge in [0.25, 0.3) is 0 Å². The Morgan fingerprint density at radius 3 is 2.24 bits per heavy atom. The van der Waals surface area contributed by atoms with Crippen molar-refractivity contribution in [2.45, 2.75) is 20.4 Å². The summed E-state index contributed by atoms with van der Waals surface area (Å²) in [5, 5.41) is 3.12. The minimum atomic E-state index is 0.870. The van der Waals surface area contributed by atoms with Crippen LogP contribution in [0.1, 0.15) is 19.4 Å². The number of nitrogens with one attached hydrogen (secondary N) is 1. The fourth-order valence-electron chi connectivity index (χ4n) is 1.79. The van der Waals surface area contributed by atoms with Crippen LogP contribution in [0.5, 0.6) is 0 Å². The van der Waals surface area contributed by atoms with Gasteiger partial charge in [-0.1, -0.05) is 26.0 Å². The van der Waals surface area contributed by atoms with Crippen LogP contribution in [-0.2, 0) is 11.3 Å². The molecular formula is C14H24N2O. The molecule has 3 heteroatoms. The van der Waals surface area contributed by atoms with Crippen LogP contribution in [-0.4, -0.2) is 38.3 Å². The first kappa shape index (κ1) is 14.0. The largest absolute Gasteiger partial charge is 0.388 e. The SMILES string of the molecule is CC.CNc1ccc(CN2CCOCC2)cc1. The number of hydrogen-bond acceptors (Lipinski definition) is 3. The predicted molar refractivity (Wildman–Crippen MR) is 73.4 cm³/mol. The van der Waals surface area contributed by atoms with Crippen molar-refractivity contribution >= 4 is 5.69 Å². The number of anilines is 1. The lowest BCUT2D eigenvalue weighted by molar-refractivity contribution is 0.0342. The minimum absolute atomic E-state index is 0.870. The third kappa shape index (κ3) is 4.75. The van der Waals surface area contributed by atoms with Crippen molar-refractivity contribution in [2.75, 3.05) is 38.7 Å². The quantitative estimate of drug-likeness (QED) is 0.873. The molecule has 0 saturated carbocycles. The normalized spacial score (nSPS) is 15.9. The summed E-state index contributed by atoms with van der Waals surface area (Å²) in [6.07, 6.45) is 0. The van der Waals surface area contributed by atoms with Crippen LogP contribution in [0.4, 0.5) is 5.69 Å². The van der Waals surface area contributed by atoms with E-state index in [1.54, 1.807) is 0 Å². The van der Waals surface area contributed by atoms with E-state index < -0.39 is 0 Å². The fraction of sp³-hybridized carbons (Fsp3) is 0.571. The molecule has 0 atom stereocenters. The molecule has 1 fully saturated rings. The molecule has 1 saturated heterocycles. The van der Waals surface area contributed by atoms with Gasteiger partial charge in [0.1, 0.15) is 0 Å². The van der Waals surface area contributed by atoms with Crippen molar-refractivity contribution in [3.05, 3.63) is 29.8 Å². The first-order chi connectivity index (χ1) is 8.38. The highest BCUT2D eigenvalue weighted by molar-refractivity contribution is 5.43. The predicted octanol–water partition coefficient (Wildman–Crippen LogP) is 2.59. The highest BCUT2D eigenvalue weighted by atomic mass is 16.5. The molecule has 1 N–H and O–H groups in total. The summed E-state index contributed by atoms with van der Waals surface area (Å²) in [6.45, 7) is 8.87. The Hall–Kier alpha value is -1.06. The summed E-state index contributed by atoms with van der Waals surface area (Å²) < 4.78 is 5.32. The van der Waals surface area contributed by atoms with Gasteiger partial charge in [0, 0.05) is 32.4 Å². The highest BCUT2D eigenvalue weighted by Gasteiger charge is 2.10. The summed E-state index contributed by atoms with van der Waals surface area (Å²) in [4.78, 5) is 2.43. The van der Waals surface area contributed by atoms with Gasteiger partial charge >= 0.3 is 0 Å². The molecule has 0 spiro atoms. The number of nitrogens with zero attached hydrogens (tertiary/aromatic N) is 1. The summed E-state index contributed by atoms with van der Waals surface area (Å²) in [5.41, 5.74) is 2.54. The van der Waals surface area contributed by atoms with Crippen LogP contribution in [0.2, 0.25) is 0 Å². The van der Waals surface area contributed by atoms with Crippen molar-refractivity contribution in [3.63, 3.8) is 0 Å². The minimum Gasteiger partial charge on any atom is -0.388 e. The van der Waals surface area contributed by atoms with E-state index in [4.69, 9.17) is 4.74 Å². The Balaban J connectivity index is 0.000000686. The van der Waals surface area contributed by atoms with Crippen LogP contribution in [0.15, 0.2) is 24.3 Å². The maximum absolute atomic E-state index is 5.32. The second kappa shape index (κ2) is 8.09. The lowest BCUT2D eigenvalue weighted by atomic mass is 10.2. The zero-order valence-corrected chi connectivity index (χ0v) is 11.2. The van der Waals surface area contributed by atoms with E-state index in [1.807, 2.05) is 20.9 Å². The van der Waals surface area contributed by atoms with Gasteiger partial charge in [0.05, 0.1) is 13.2 Å². The molecule has 96 valence electrons. The molecule has 0 aliphatic carbocycles. The van der Waals surface area contributed by atoms with E-state index in [0.29, 0.717) is 0 Å². The molecule has 1 heterocycles. The molecule has 0 bridgehead atoms. The molecule has 1 aliphatic rings. The van der Waals surface area contributed by atoms with E-state index in [-0.39, 0.29) is 0 Å². The van der Waals surface area contributed by atoms with E-state index >= 15 is 0 Å². The fourth-order valence-corrected chi connectivity index (χ4v) is 1.79. The van der Waals surface area contributed by atoms with Crippen LogP contribution >= 0.6 is 0 Å². The Morgan fingerprint density at radius 2 is 1.71 bits per heavy atom. The summed E-state index contributed by atoms with van der Waals surface area (Å²) in [7, 11) is 1.94. The van der Waals surface area contributed by atoms with Crippen LogP contribution in [0.25, 0.3) is 0 Å². The molecule has 1 aliphatic heterocycles. The first-order valence-electron chi connectivity index (χ1n) is 6.45. The topological polar surface area (TPSA) is 24.5 Å². The maximum atomic E-state index is 5.32. The zero-order chi connectivity index (χ0) is 12.5. The Labute approximate surface area is 105 Å². The summed E-state index contributed by atoms with van der Waals surface area (Å²) >= 11 is 0.